The second-order valence-electron chi connectivity index (χ2n) is 10.4. The highest BCUT2D eigenvalue weighted by molar-refractivity contribution is 5.78. The number of hydrogen-bond acceptors (Lipinski definition) is 3. The zero-order valence-electron chi connectivity index (χ0n) is 22.2. The number of rotatable bonds is 13. The van der Waals surface area contributed by atoms with Crippen molar-refractivity contribution < 1.29 is 9.53 Å². The summed E-state index contributed by atoms with van der Waals surface area (Å²) in [4.78, 5) is 17.3. The molecule has 0 atom stereocenters. The number of unbranched alkanes of at least 4 members (excludes halogenated alkanes) is 3. The van der Waals surface area contributed by atoms with Crippen LogP contribution in [0.25, 0.3) is 11.0 Å². The van der Waals surface area contributed by atoms with Gasteiger partial charge in [-0.05, 0) is 81.7 Å². The van der Waals surface area contributed by atoms with Crippen LogP contribution in [0.4, 0.5) is 0 Å². The highest BCUT2D eigenvalue weighted by Gasteiger charge is 2.20. The molecule has 1 fully saturated rings. The van der Waals surface area contributed by atoms with Crippen molar-refractivity contribution in [1.82, 2.24) is 14.9 Å². The summed E-state index contributed by atoms with van der Waals surface area (Å²) in [5, 5.41) is 3.17. The van der Waals surface area contributed by atoms with Crippen LogP contribution in [-0.4, -0.2) is 28.6 Å². The zero-order valence-corrected chi connectivity index (χ0v) is 22.2. The number of nitrogens with one attached hydrogen (secondary N) is 1. The molecule has 1 aromatic heterocycles. The van der Waals surface area contributed by atoms with Gasteiger partial charge >= 0.3 is 0 Å². The Labute approximate surface area is 216 Å². The van der Waals surface area contributed by atoms with Crippen molar-refractivity contribution in [2.24, 2.45) is 5.92 Å². The molecular formula is C31H43N3O2. The van der Waals surface area contributed by atoms with Crippen LogP contribution in [0.5, 0.6) is 5.75 Å². The lowest BCUT2D eigenvalue weighted by Crippen LogP contribution is -2.32. The number of nitrogens with zero attached hydrogens (tertiary/aromatic N) is 2. The van der Waals surface area contributed by atoms with Gasteiger partial charge < -0.3 is 14.6 Å². The van der Waals surface area contributed by atoms with E-state index in [2.05, 4.69) is 66.2 Å². The van der Waals surface area contributed by atoms with E-state index in [4.69, 9.17) is 9.72 Å². The molecule has 1 aliphatic rings. The van der Waals surface area contributed by atoms with Crippen LogP contribution in [0.1, 0.15) is 81.2 Å². The number of carbonyl (C=O) groups excluding carboxylic acids is 1. The first-order valence-corrected chi connectivity index (χ1v) is 14.0. The summed E-state index contributed by atoms with van der Waals surface area (Å²) in [6.07, 6.45) is 12.1. The molecule has 1 heterocycles. The lowest BCUT2D eigenvalue weighted by molar-refractivity contribution is -0.125. The monoisotopic (exact) mass is 489 g/mol. The third-order valence-electron chi connectivity index (χ3n) is 7.67. The summed E-state index contributed by atoms with van der Waals surface area (Å²) in [5.74, 6) is 2.71. The molecule has 0 spiro atoms. The van der Waals surface area contributed by atoms with Crippen LogP contribution in [-0.2, 0) is 17.8 Å². The number of aryl methyl sites for hydroxylation is 3. The van der Waals surface area contributed by atoms with Gasteiger partial charge in [0.25, 0.3) is 0 Å². The molecule has 5 heteroatoms. The number of imidazole rings is 1. The van der Waals surface area contributed by atoms with E-state index in [0.29, 0.717) is 0 Å². The average molecular weight is 490 g/mol. The predicted molar refractivity (Wildman–Crippen MR) is 148 cm³/mol. The molecule has 1 amide bonds. The van der Waals surface area contributed by atoms with E-state index in [9.17, 15) is 4.79 Å². The molecule has 0 aliphatic heterocycles. The highest BCUT2D eigenvalue weighted by atomic mass is 16.5. The normalized spacial score (nSPS) is 14.3. The van der Waals surface area contributed by atoms with Crippen molar-refractivity contribution in [2.45, 2.75) is 91.0 Å². The van der Waals surface area contributed by atoms with Crippen LogP contribution < -0.4 is 10.1 Å². The standard InChI is InChI=1S/C31H43N3O2/c1-24-14-13-19-29(25(24)2)36-23-12-11-22-34-28-18-9-8-17-27(28)33-30(34)20-7-4-10-21-32-31(35)26-15-5-3-6-16-26/h8-9,13-14,17-19,26H,3-7,10-12,15-16,20-23H2,1-2H3,(H,32,35). The Kier molecular flexibility index (Phi) is 9.83. The van der Waals surface area contributed by atoms with Gasteiger partial charge in [0.2, 0.25) is 5.91 Å². The maximum absolute atomic E-state index is 12.3. The van der Waals surface area contributed by atoms with E-state index in [1.165, 1.54) is 41.7 Å². The number of ether oxygens (including phenoxy) is 1. The van der Waals surface area contributed by atoms with Crippen molar-refractivity contribution in [2.75, 3.05) is 13.2 Å². The summed E-state index contributed by atoms with van der Waals surface area (Å²) < 4.78 is 8.46. The highest BCUT2D eigenvalue weighted by Crippen LogP contribution is 2.24. The minimum atomic E-state index is 0.255. The van der Waals surface area contributed by atoms with Gasteiger partial charge in [-0.1, -0.05) is 49.9 Å². The van der Waals surface area contributed by atoms with Gasteiger partial charge in [-0.2, -0.15) is 0 Å². The fourth-order valence-corrected chi connectivity index (χ4v) is 5.31. The Morgan fingerprint density at radius 1 is 0.972 bits per heavy atom. The number of aromatic nitrogens is 2. The van der Waals surface area contributed by atoms with Crippen molar-refractivity contribution in [3.05, 3.63) is 59.4 Å². The zero-order chi connectivity index (χ0) is 25.2. The molecule has 36 heavy (non-hydrogen) atoms. The van der Waals surface area contributed by atoms with Crippen LogP contribution in [0.2, 0.25) is 0 Å². The molecule has 1 aliphatic carbocycles. The summed E-state index contributed by atoms with van der Waals surface area (Å²) in [6.45, 7) is 6.75. The van der Waals surface area contributed by atoms with E-state index in [-0.39, 0.29) is 11.8 Å². The number of carbonyl (C=O) groups is 1. The minimum Gasteiger partial charge on any atom is -0.493 e. The largest absolute Gasteiger partial charge is 0.493 e. The number of para-hydroxylation sites is 2. The fraction of sp³-hybridized carbons (Fsp3) is 0.548. The molecule has 0 saturated heterocycles. The molecule has 0 bridgehead atoms. The molecule has 2 aromatic carbocycles. The Bertz CT molecular complexity index is 1110. The van der Waals surface area contributed by atoms with Gasteiger partial charge in [-0.25, -0.2) is 4.98 Å². The van der Waals surface area contributed by atoms with Crippen molar-refractivity contribution in [3.8, 4) is 5.75 Å². The molecule has 5 nitrogen and oxygen atoms in total. The summed E-state index contributed by atoms with van der Waals surface area (Å²) in [6, 6.07) is 14.7. The Morgan fingerprint density at radius 3 is 2.67 bits per heavy atom. The summed E-state index contributed by atoms with van der Waals surface area (Å²) >= 11 is 0. The van der Waals surface area contributed by atoms with E-state index in [1.54, 1.807) is 0 Å². The number of benzene rings is 2. The van der Waals surface area contributed by atoms with Gasteiger partial charge in [0.05, 0.1) is 17.6 Å². The van der Waals surface area contributed by atoms with Crippen molar-refractivity contribution in [1.29, 1.82) is 0 Å². The van der Waals surface area contributed by atoms with E-state index < -0.39 is 0 Å². The number of amides is 1. The molecule has 1 N–H and O–H groups in total. The lowest BCUT2D eigenvalue weighted by Gasteiger charge is -2.20. The average Bonchev–Trinajstić information content (AvgIpc) is 3.26. The maximum atomic E-state index is 12.3. The van der Waals surface area contributed by atoms with Crippen molar-refractivity contribution >= 4 is 16.9 Å². The molecule has 3 aromatic rings. The molecule has 194 valence electrons. The third kappa shape index (κ3) is 7.11. The van der Waals surface area contributed by atoms with Gasteiger partial charge in [0.15, 0.2) is 0 Å². The van der Waals surface area contributed by atoms with Crippen LogP contribution >= 0.6 is 0 Å². The maximum Gasteiger partial charge on any atom is 0.223 e. The van der Waals surface area contributed by atoms with E-state index in [0.717, 1.165) is 82.3 Å². The second-order valence-corrected chi connectivity index (χ2v) is 10.4. The quantitative estimate of drug-likeness (QED) is 0.265. The predicted octanol–water partition coefficient (Wildman–Crippen LogP) is 6.92. The van der Waals surface area contributed by atoms with E-state index >= 15 is 0 Å². The molecule has 0 unspecified atom stereocenters. The third-order valence-corrected chi connectivity index (χ3v) is 7.67. The molecule has 4 rings (SSSR count). The van der Waals surface area contributed by atoms with Gasteiger partial charge in [-0.3, -0.25) is 4.79 Å². The van der Waals surface area contributed by atoms with Crippen LogP contribution in [0.15, 0.2) is 42.5 Å². The summed E-state index contributed by atoms with van der Waals surface area (Å²) in [7, 11) is 0. The molecule has 1 saturated carbocycles. The Hall–Kier alpha value is -2.82. The number of hydrogen-bond donors (Lipinski definition) is 1. The van der Waals surface area contributed by atoms with Gasteiger partial charge in [0, 0.05) is 25.4 Å². The second kappa shape index (κ2) is 13.5. The number of fused-ring (bicyclic) bond motifs is 1. The Balaban J connectivity index is 1.21. The fourth-order valence-electron chi connectivity index (χ4n) is 5.31. The SMILES string of the molecule is Cc1cccc(OCCCCn2c(CCCCCNC(=O)C3CCCCC3)nc3ccccc32)c1C. The first-order chi connectivity index (χ1) is 17.6. The smallest absolute Gasteiger partial charge is 0.223 e. The van der Waals surface area contributed by atoms with Gasteiger partial charge in [0.1, 0.15) is 11.6 Å². The molecular weight excluding hydrogens is 446 g/mol. The van der Waals surface area contributed by atoms with Crippen LogP contribution in [0.3, 0.4) is 0 Å². The topological polar surface area (TPSA) is 56.1 Å². The molecule has 0 radical (unpaired) electrons. The Morgan fingerprint density at radius 2 is 1.81 bits per heavy atom. The minimum absolute atomic E-state index is 0.255. The first kappa shape index (κ1) is 26.2. The van der Waals surface area contributed by atoms with Crippen LogP contribution in [0, 0.1) is 19.8 Å². The van der Waals surface area contributed by atoms with Crippen molar-refractivity contribution in [3.63, 3.8) is 0 Å². The lowest BCUT2D eigenvalue weighted by atomic mass is 9.89. The summed E-state index contributed by atoms with van der Waals surface area (Å²) in [5.41, 5.74) is 4.81. The van der Waals surface area contributed by atoms with E-state index in [1.807, 2.05) is 0 Å². The van der Waals surface area contributed by atoms with Gasteiger partial charge in [-0.15, -0.1) is 0 Å². The first-order valence-electron chi connectivity index (χ1n) is 14.0.